The van der Waals surface area contributed by atoms with Crippen molar-refractivity contribution < 1.29 is 27.5 Å². The minimum Gasteiger partial charge on any atom is -0.496 e. The van der Waals surface area contributed by atoms with Gasteiger partial charge in [0.1, 0.15) is 23.4 Å². The summed E-state index contributed by atoms with van der Waals surface area (Å²) in [5.74, 6) is -1.10. The summed E-state index contributed by atoms with van der Waals surface area (Å²) in [6.45, 7) is 2.80. The molecule has 0 radical (unpaired) electrons. The lowest BCUT2D eigenvalue weighted by Gasteiger charge is -2.22. The highest BCUT2D eigenvalue weighted by atomic mass is 35.5. The number of amides is 1. The summed E-state index contributed by atoms with van der Waals surface area (Å²) in [6, 6.07) is 13.2. The van der Waals surface area contributed by atoms with Crippen LogP contribution in [-0.4, -0.2) is 57.2 Å². The van der Waals surface area contributed by atoms with Crippen molar-refractivity contribution in [1.82, 2.24) is 25.1 Å². The number of carbonyl (C=O) groups excluding carboxylic acids is 1. The zero-order valence-electron chi connectivity index (χ0n) is 28.6. The average molecular weight is 753 g/mol. The van der Waals surface area contributed by atoms with E-state index in [1.54, 1.807) is 31.3 Å². The smallest absolute Gasteiger partial charge is 0.276 e. The first kappa shape index (κ1) is 32.5. The van der Waals surface area contributed by atoms with Crippen molar-refractivity contribution in [2.75, 3.05) is 25.6 Å². The Balaban J connectivity index is 1.15. The molecule has 10 nitrogen and oxygen atoms in total. The summed E-state index contributed by atoms with van der Waals surface area (Å²) in [4.78, 5) is 26.8. The molecular formula is C39H31ClF2N6O4S. The van der Waals surface area contributed by atoms with Crippen molar-refractivity contribution in [1.29, 1.82) is 0 Å². The quantitative estimate of drug-likeness (QED) is 0.171. The molecule has 0 bridgehead atoms. The van der Waals surface area contributed by atoms with Crippen molar-refractivity contribution in [3.05, 3.63) is 99.3 Å². The van der Waals surface area contributed by atoms with E-state index in [0.717, 1.165) is 40.1 Å². The van der Waals surface area contributed by atoms with Gasteiger partial charge in [0, 0.05) is 65.0 Å². The minimum atomic E-state index is -3.09. The van der Waals surface area contributed by atoms with Gasteiger partial charge in [-0.2, -0.15) is 0 Å². The van der Waals surface area contributed by atoms with Gasteiger partial charge in [-0.25, -0.2) is 13.8 Å². The van der Waals surface area contributed by atoms with Gasteiger partial charge < -0.3 is 24.1 Å². The molecule has 1 aliphatic carbocycles. The molecule has 7 heterocycles. The monoisotopic (exact) mass is 752 g/mol. The lowest BCUT2D eigenvalue weighted by molar-refractivity contribution is -0.00734. The molecule has 4 aliphatic rings. The Hall–Kier alpha value is -5.14. The van der Waals surface area contributed by atoms with Gasteiger partial charge in [-0.1, -0.05) is 29.8 Å². The van der Waals surface area contributed by atoms with Crippen LogP contribution >= 0.6 is 22.9 Å². The van der Waals surface area contributed by atoms with Gasteiger partial charge in [0.15, 0.2) is 0 Å². The average Bonchev–Trinajstić information content (AvgIpc) is 3.99. The predicted molar refractivity (Wildman–Crippen MR) is 195 cm³/mol. The number of aromatic nitrogens is 4. The van der Waals surface area contributed by atoms with Gasteiger partial charge in [0.05, 0.1) is 47.0 Å². The van der Waals surface area contributed by atoms with Crippen LogP contribution in [0, 0.1) is 6.92 Å². The van der Waals surface area contributed by atoms with E-state index >= 15 is 8.78 Å². The van der Waals surface area contributed by atoms with E-state index in [4.69, 9.17) is 30.5 Å². The molecule has 268 valence electrons. The highest BCUT2D eigenvalue weighted by Crippen LogP contribution is 2.53. The molecule has 1 saturated heterocycles. The summed E-state index contributed by atoms with van der Waals surface area (Å²) in [7, 11) is 1.49. The third-order valence-corrected chi connectivity index (χ3v) is 12.3. The Morgan fingerprint density at radius 3 is 2.83 bits per heavy atom. The second kappa shape index (κ2) is 11.9. The van der Waals surface area contributed by atoms with Crippen LogP contribution in [0.1, 0.15) is 75.2 Å². The van der Waals surface area contributed by atoms with Crippen LogP contribution in [0.2, 0.25) is 5.02 Å². The van der Waals surface area contributed by atoms with Crippen LogP contribution < -0.4 is 14.8 Å². The van der Waals surface area contributed by atoms with Gasteiger partial charge in [0.2, 0.25) is 11.8 Å². The van der Waals surface area contributed by atoms with E-state index in [-0.39, 0.29) is 23.8 Å². The number of fused-ring (bicyclic) bond motifs is 6. The van der Waals surface area contributed by atoms with Crippen LogP contribution in [0.5, 0.6) is 11.5 Å². The highest BCUT2D eigenvalue weighted by molar-refractivity contribution is 7.23. The standard InChI is InChI=1S/C39H31ClF2N6O4S/c1-18-46-47-37(52-18)30-25(13-20-17-51-28-15-21(40)8-9-22(20)28)44-33-26-6-4-12-48(26)38(49)32(33)31(30)29-14-19-10-11-43-36(34(19)53-29)45-35-23-5-3-7-27(50-2)24(23)16-39(35,41)42/h3,5,7-11,14-15,20,26,35H,4,6,12-13,16-17H2,1-2H3,(H,43,45)/t20-,26+,35-/m0/s1. The van der Waals surface area contributed by atoms with Gasteiger partial charge in [0.25, 0.3) is 11.8 Å². The number of rotatable bonds is 7. The molecule has 0 spiro atoms. The van der Waals surface area contributed by atoms with Crippen molar-refractivity contribution >= 4 is 44.7 Å². The Morgan fingerprint density at radius 2 is 2.00 bits per heavy atom. The number of ether oxygens (including phenoxy) is 2. The fraction of sp³-hybridized carbons (Fsp3) is 0.308. The number of nitrogens with one attached hydrogen (secondary N) is 1. The summed E-state index contributed by atoms with van der Waals surface area (Å²) in [5, 5.41) is 13.1. The van der Waals surface area contributed by atoms with E-state index < -0.39 is 18.4 Å². The summed E-state index contributed by atoms with van der Waals surface area (Å²) >= 11 is 7.67. The molecule has 14 heteroatoms. The van der Waals surface area contributed by atoms with Gasteiger partial charge >= 0.3 is 0 Å². The molecular weight excluding hydrogens is 722 g/mol. The molecule has 1 N–H and O–H groups in total. The van der Waals surface area contributed by atoms with Crippen LogP contribution in [-0.2, 0) is 12.8 Å². The number of carbonyl (C=O) groups is 1. The Morgan fingerprint density at radius 1 is 1.11 bits per heavy atom. The minimum absolute atomic E-state index is 0.0442. The number of anilines is 1. The first-order valence-corrected chi connectivity index (χ1v) is 18.7. The molecule has 10 rings (SSSR count). The Bertz CT molecular complexity index is 2500. The van der Waals surface area contributed by atoms with E-state index in [1.807, 2.05) is 35.2 Å². The molecule has 2 aromatic carbocycles. The van der Waals surface area contributed by atoms with Crippen molar-refractivity contribution in [3.63, 3.8) is 0 Å². The summed E-state index contributed by atoms with van der Waals surface area (Å²) < 4.78 is 49.7. The fourth-order valence-electron chi connectivity index (χ4n) is 8.53. The molecule has 1 fully saturated rings. The third kappa shape index (κ3) is 5.03. The van der Waals surface area contributed by atoms with Gasteiger partial charge in [-0.05, 0) is 54.1 Å². The first-order valence-electron chi connectivity index (χ1n) is 17.5. The Kier molecular flexibility index (Phi) is 7.32. The molecule has 53 heavy (non-hydrogen) atoms. The number of methoxy groups -OCH3 is 1. The third-order valence-electron chi connectivity index (χ3n) is 10.9. The highest BCUT2D eigenvalue weighted by Gasteiger charge is 2.49. The van der Waals surface area contributed by atoms with Crippen molar-refractivity contribution in [2.24, 2.45) is 0 Å². The fourth-order valence-corrected chi connectivity index (χ4v) is 9.86. The number of nitrogens with zero attached hydrogens (tertiary/aromatic N) is 5. The largest absolute Gasteiger partial charge is 0.496 e. The van der Waals surface area contributed by atoms with Crippen LogP contribution in [0.3, 0.4) is 0 Å². The number of halogens is 3. The normalized spacial score (nSPS) is 20.7. The number of benzene rings is 2. The van der Waals surface area contributed by atoms with Crippen LogP contribution in [0.4, 0.5) is 14.6 Å². The molecule has 0 unspecified atom stereocenters. The van der Waals surface area contributed by atoms with Crippen molar-refractivity contribution in [3.8, 4) is 33.4 Å². The topological polar surface area (TPSA) is 116 Å². The molecule has 3 aliphatic heterocycles. The predicted octanol–water partition coefficient (Wildman–Crippen LogP) is 8.73. The number of hydrogen-bond acceptors (Lipinski definition) is 10. The van der Waals surface area contributed by atoms with E-state index in [1.165, 1.54) is 18.4 Å². The van der Waals surface area contributed by atoms with Crippen LogP contribution in [0.15, 0.2) is 59.1 Å². The summed E-state index contributed by atoms with van der Waals surface area (Å²) in [6.07, 6.45) is 3.34. The van der Waals surface area contributed by atoms with Crippen LogP contribution in [0.25, 0.3) is 32.0 Å². The number of thiophene rings is 1. The molecule has 4 aromatic heterocycles. The molecule has 1 amide bonds. The second-order valence-corrected chi connectivity index (χ2v) is 15.5. The molecule has 6 aromatic rings. The van der Waals surface area contributed by atoms with E-state index in [2.05, 4.69) is 20.5 Å². The maximum absolute atomic E-state index is 15.7. The van der Waals surface area contributed by atoms with E-state index in [0.29, 0.717) is 80.3 Å². The van der Waals surface area contributed by atoms with Gasteiger partial charge in [-0.15, -0.1) is 21.5 Å². The lowest BCUT2D eigenvalue weighted by atomic mass is 9.89. The number of pyridine rings is 2. The zero-order chi connectivity index (χ0) is 36.2. The first-order chi connectivity index (χ1) is 25.7. The van der Waals surface area contributed by atoms with E-state index in [9.17, 15) is 4.79 Å². The molecule has 3 atom stereocenters. The Labute approximate surface area is 311 Å². The molecule has 0 saturated carbocycles. The SMILES string of the molecule is COc1cccc2c1CC(F)(F)[C@H]2Nc1nccc2cc(-c3c4c(nc(C[C@H]5COc6cc(Cl)ccc65)c3-c3nnc(C)o3)[C@H]3CCCN3C4=O)sc12. The lowest BCUT2D eigenvalue weighted by Crippen LogP contribution is -2.28. The maximum atomic E-state index is 15.7. The number of aryl methyl sites for hydroxylation is 1. The maximum Gasteiger partial charge on any atom is 0.276 e. The number of hydrogen-bond donors (Lipinski definition) is 1. The summed E-state index contributed by atoms with van der Waals surface area (Å²) in [5.41, 5.74) is 5.17. The zero-order valence-corrected chi connectivity index (χ0v) is 30.2. The van der Waals surface area contributed by atoms with Gasteiger partial charge in [-0.3, -0.25) is 9.78 Å². The number of alkyl halides is 2. The second-order valence-electron chi connectivity index (χ2n) is 14.0. The van der Waals surface area contributed by atoms with Crippen molar-refractivity contribution in [2.45, 2.75) is 56.5 Å².